The van der Waals surface area contributed by atoms with E-state index in [0.717, 1.165) is 36.3 Å². The first-order chi connectivity index (χ1) is 13.4. The Balaban J connectivity index is 1.68. The van der Waals surface area contributed by atoms with Crippen LogP contribution in [-0.2, 0) is 19.4 Å². The van der Waals surface area contributed by atoms with Crippen LogP contribution in [0.3, 0.4) is 0 Å². The molecule has 2 fully saturated rings. The summed E-state index contributed by atoms with van der Waals surface area (Å²) in [6.45, 7) is 1.66. The van der Waals surface area contributed by atoms with Crippen LogP contribution >= 0.6 is 11.8 Å². The van der Waals surface area contributed by atoms with E-state index in [-0.39, 0.29) is 36.1 Å². The van der Waals surface area contributed by atoms with E-state index in [2.05, 4.69) is 0 Å². The standard InChI is InChI=1S/C20H27NO5S2/c1-2-27-18-10-6-5-9-17(18)20(23)26-13-19(22)21(15-7-3-4-8-15)16-11-12-28(24,25)14-16/h5-6,9-10,15-16H,2-4,7-8,11-14H2,1H3/t16-/m0/s1. The molecule has 3 rings (SSSR count). The Hall–Kier alpha value is -1.54. The van der Waals surface area contributed by atoms with Gasteiger partial charge in [-0.1, -0.05) is 31.9 Å². The Bertz CT molecular complexity index is 818. The molecule has 1 saturated carbocycles. The molecule has 1 amide bonds. The lowest BCUT2D eigenvalue weighted by Gasteiger charge is -2.33. The summed E-state index contributed by atoms with van der Waals surface area (Å²) in [7, 11) is -3.09. The lowest BCUT2D eigenvalue weighted by Crippen LogP contribution is -2.48. The number of carbonyl (C=O) groups is 2. The van der Waals surface area contributed by atoms with Crippen LogP contribution in [0.5, 0.6) is 0 Å². The lowest BCUT2D eigenvalue weighted by atomic mass is 10.1. The van der Waals surface area contributed by atoms with Crippen molar-refractivity contribution in [3.8, 4) is 0 Å². The number of hydrogen-bond donors (Lipinski definition) is 0. The molecule has 0 bridgehead atoms. The fourth-order valence-electron chi connectivity index (χ4n) is 4.08. The summed E-state index contributed by atoms with van der Waals surface area (Å²) < 4.78 is 29.2. The zero-order valence-electron chi connectivity index (χ0n) is 16.1. The van der Waals surface area contributed by atoms with E-state index in [9.17, 15) is 18.0 Å². The fraction of sp³-hybridized carbons (Fsp3) is 0.600. The van der Waals surface area contributed by atoms with Crippen molar-refractivity contribution >= 4 is 33.5 Å². The highest BCUT2D eigenvalue weighted by molar-refractivity contribution is 7.99. The number of amides is 1. The molecular weight excluding hydrogens is 398 g/mol. The van der Waals surface area contributed by atoms with Gasteiger partial charge >= 0.3 is 5.97 Å². The molecule has 2 aliphatic rings. The predicted molar refractivity (Wildman–Crippen MR) is 109 cm³/mol. The number of carbonyl (C=O) groups excluding carboxylic acids is 2. The molecule has 0 radical (unpaired) electrons. The first-order valence-corrected chi connectivity index (χ1v) is 12.6. The van der Waals surface area contributed by atoms with Gasteiger partial charge in [-0.3, -0.25) is 4.79 Å². The van der Waals surface area contributed by atoms with Gasteiger partial charge in [-0.15, -0.1) is 11.8 Å². The molecule has 1 saturated heterocycles. The maximum Gasteiger partial charge on any atom is 0.339 e. The summed E-state index contributed by atoms with van der Waals surface area (Å²) in [5.74, 6) is 0.155. The monoisotopic (exact) mass is 425 g/mol. The number of thioether (sulfide) groups is 1. The number of sulfone groups is 1. The Kier molecular flexibility index (Phi) is 7.04. The molecule has 0 N–H and O–H groups in total. The molecule has 1 aliphatic carbocycles. The van der Waals surface area contributed by atoms with Crippen molar-refractivity contribution in [2.45, 2.75) is 56.0 Å². The first kappa shape index (κ1) is 21.2. The topological polar surface area (TPSA) is 80.8 Å². The number of benzene rings is 1. The molecule has 6 nitrogen and oxygen atoms in total. The Morgan fingerprint density at radius 2 is 1.86 bits per heavy atom. The first-order valence-electron chi connectivity index (χ1n) is 9.82. The normalized spacial score (nSPS) is 21.5. The highest BCUT2D eigenvalue weighted by Gasteiger charge is 2.39. The van der Waals surface area contributed by atoms with Gasteiger partial charge in [0.25, 0.3) is 5.91 Å². The molecule has 0 unspecified atom stereocenters. The summed E-state index contributed by atoms with van der Waals surface area (Å²) >= 11 is 1.55. The van der Waals surface area contributed by atoms with Crippen LogP contribution in [0.15, 0.2) is 29.2 Å². The van der Waals surface area contributed by atoms with E-state index in [1.54, 1.807) is 28.8 Å². The molecule has 8 heteroatoms. The number of nitrogens with zero attached hydrogens (tertiary/aromatic N) is 1. The average molecular weight is 426 g/mol. The van der Waals surface area contributed by atoms with Gasteiger partial charge in [-0.05, 0) is 37.1 Å². The van der Waals surface area contributed by atoms with Crippen LogP contribution in [0.2, 0.25) is 0 Å². The fourth-order valence-corrected chi connectivity index (χ4v) is 6.58. The summed E-state index contributed by atoms with van der Waals surface area (Å²) in [6, 6.07) is 6.94. The van der Waals surface area contributed by atoms with Gasteiger partial charge in [-0.2, -0.15) is 0 Å². The SMILES string of the molecule is CCSc1ccccc1C(=O)OCC(=O)N(C1CCCC1)[C@H]1CCS(=O)(=O)C1. The highest BCUT2D eigenvalue weighted by Crippen LogP contribution is 2.29. The van der Waals surface area contributed by atoms with Crippen molar-refractivity contribution in [3.05, 3.63) is 29.8 Å². The third-order valence-corrected chi connectivity index (χ3v) is 8.05. The minimum atomic E-state index is -3.09. The Morgan fingerprint density at radius 1 is 1.14 bits per heavy atom. The zero-order chi connectivity index (χ0) is 20.1. The second-order valence-corrected chi connectivity index (χ2v) is 10.8. The molecule has 0 spiro atoms. The van der Waals surface area contributed by atoms with Gasteiger partial charge in [0, 0.05) is 17.0 Å². The second-order valence-electron chi connectivity index (χ2n) is 7.30. The van der Waals surface area contributed by atoms with Crippen molar-refractivity contribution in [2.24, 2.45) is 0 Å². The number of ether oxygens (including phenoxy) is 1. The summed E-state index contributed by atoms with van der Waals surface area (Å²) in [4.78, 5) is 28.0. The third-order valence-electron chi connectivity index (χ3n) is 5.34. The second kappa shape index (κ2) is 9.31. The van der Waals surface area contributed by atoms with Crippen LogP contribution in [0.4, 0.5) is 0 Å². The van der Waals surface area contributed by atoms with Crippen LogP contribution in [0.25, 0.3) is 0 Å². The molecule has 1 heterocycles. The number of rotatable bonds is 7. The molecule has 154 valence electrons. The summed E-state index contributed by atoms with van der Waals surface area (Å²) in [5.41, 5.74) is 0.456. The molecule has 1 aromatic rings. The van der Waals surface area contributed by atoms with E-state index in [1.165, 1.54) is 0 Å². The third kappa shape index (κ3) is 5.08. The minimum absolute atomic E-state index is 0.0131. The van der Waals surface area contributed by atoms with Gasteiger partial charge in [0.05, 0.1) is 17.1 Å². The summed E-state index contributed by atoms with van der Waals surface area (Å²) in [5, 5.41) is 0. The number of esters is 1. The van der Waals surface area contributed by atoms with E-state index >= 15 is 0 Å². The van der Waals surface area contributed by atoms with Crippen molar-refractivity contribution < 1.29 is 22.7 Å². The van der Waals surface area contributed by atoms with Gasteiger partial charge in [0.1, 0.15) is 0 Å². The zero-order valence-corrected chi connectivity index (χ0v) is 17.8. The van der Waals surface area contributed by atoms with Gasteiger partial charge < -0.3 is 9.64 Å². The largest absolute Gasteiger partial charge is 0.452 e. The Morgan fingerprint density at radius 3 is 2.50 bits per heavy atom. The van der Waals surface area contributed by atoms with E-state index in [1.807, 2.05) is 19.1 Å². The molecule has 1 aromatic carbocycles. The lowest BCUT2D eigenvalue weighted by molar-refractivity contribution is -0.139. The number of hydrogen-bond acceptors (Lipinski definition) is 6. The predicted octanol–water partition coefficient (Wildman–Crippen LogP) is 2.91. The molecular formula is C20H27NO5S2. The maximum absolute atomic E-state index is 12.9. The minimum Gasteiger partial charge on any atom is -0.452 e. The van der Waals surface area contributed by atoms with Gasteiger partial charge in [-0.25, -0.2) is 13.2 Å². The van der Waals surface area contributed by atoms with Crippen molar-refractivity contribution in [1.29, 1.82) is 0 Å². The van der Waals surface area contributed by atoms with Crippen LogP contribution < -0.4 is 0 Å². The molecule has 28 heavy (non-hydrogen) atoms. The quantitative estimate of drug-likeness (QED) is 0.494. The van der Waals surface area contributed by atoms with Crippen molar-refractivity contribution in [1.82, 2.24) is 4.90 Å². The van der Waals surface area contributed by atoms with Crippen molar-refractivity contribution in [3.63, 3.8) is 0 Å². The Labute approximate surface area is 170 Å². The average Bonchev–Trinajstić information content (AvgIpc) is 3.31. The highest BCUT2D eigenvalue weighted by atomic mass is 32.2. The summed E-state index contributed by atoms with van der Waals surface area (Å²) in [6.07, 6.45) is 4.30. The molecule has 1 aliphatic heterocycles. The smallest absolute Gasteiger partial charge is 0.339 e. The molecule has 0 aromatic heterocycles. The van der Waals surface area contributed by atoms with E-state index in [0.29, 0.717) is 12.0 Å². The van der Waals surface area contributed by atoms with Crippen molar-refractivity contribution in [2.75, 3.05) is 23.9 Å². The molecule has 1 atom stereocenters. The van der Waals surface area contributed by atoms with E-state index in [4.69, 9.17) is 4.74 Å². The van der Waals surface area contributed by atoms with E-state index < -0.39 is 15.8 Å². The van der Waals surface area contributed by atoms with Crippen LogP contribution in [0, 0.1) is 0 Å². The van der Waals surface area contributed by atoms with Crippen LogP contribution in [-0.4, -0.2) is 61.1 Å². The van der Waals surface area contributed by atoms with Gasteiger partial charge in [0.15, 0.2) is 16.4 Å². The maximum atomic E-state index is 12.9. The van der Waals surface area contributed by atoms with Crippen LogP contribution in [0.1, 0.15) is 49.4 Å². The van der Waals surface area contributed by atoms with Gasteiger partial charge in [0.2, 0.25) is 0 Å².